The number of carbonyl (C=O) groups is 1. The molecular formula is C15H23NO3. The van der Waals surface area contributed by atoms with Crippen LogP contribution in [0.15, 0.2) is 6.07 Å². The molecule has 0 bridgehead atoms. The standard InChI is InChI=1S/C15H23NO3/c1-4-16-11(2)7-14(12(16)3)15(17)10-19-9-13-5-6-18-8-13/h7,13H,4-6,8-10H2,1-3H3. The van der Waals surface area contributed by atoms with Crippen LogP contribution in [0.4, 0.5) is 0 Å². The lowest BCUT2D eigenvalue weighted by molar-refractivity contribution is 0.0651. The molecule has 1 aliphatic rings. The molecule has 1 aromatic heterocycles. The van der Waals surface area contributed by atoms with Crippen LogP contribution in [-0.4, -0.2) is 36.8 Å². The molecule has 2 rings (SSSR count). The zero-order valence-electron chi connectivity index (χ0n) is 12.1. The Kier molecular flexibility index (Phi) is 4.77. The topological polar surface area (TPSA) is 40.5 Å². The van der Waals surface area contributed by atoms with Gasteiger partial charge in [0.25, 0.3) is 0 Å². The summed E-state index contributed by atoms with van der Waals surface area (Å²) in [6.07, 6.45) is 1.04. The molecule has 1 aromatic rings. The molecule has 1 aliphatic heterocycles. The Hall–Kier alpha value is -1.13. The van der Waals surface area contributed by atoms with Crippen LogP contribution >= 0.6 is 0 Å². The van der Waals surface area contributed by atoms with Gasteiger partial charge in [-0.15, -0.1) is 0 Å². The Bertz CT molecular complexity index is 444. The van der Waals surface area contributed by atoms with Gasteiger partial charge in [0.1, 0.15) is 6.61 Å². The fourth-order valence-electron chi connectivity index (χ4n) is 2.68. The van der Waals surface area contributed by atoms with E-state index in [1.165, 1.54) is 0 Å². The van der Waals surface area contributed by atoms with Gasteiger partial charge in [-0.1, -0.05) is 0 Å². The summed E-state index contributed by atoms with van der Waals surface area (Å²) in [5.74, 6) is 0.530. The average molecular weight is 265 g/mol. The average Bonchev–Trinajstić information content (AvgIpc) is 2.98. The number of carbonyl (C=O) groups excluding carboxylic acids is 1. The number of hydrogen-bond acceptors (Lipinski definition) is 3. The summed E-state index contributed by atoms with van der Waals surface area (Å²) in [7, 11) is 0. The Labute approximate surface area is 114 Å². The first-order valence-corrected chi connectivity index (χ1v) is 6.99. The van der Waals surface area contributed by atoms with E-state index in [1.54, 1.807) is 0 Å². The van der Waals surface area contributed by atoms with E-state index in [-0.39, 0.29) is 12.4 Å². The summed E-state index contributed by atoms with van der Waals surface area (Å²) in [5, 5.41) is 0. The monoisotopic (exact) mass is 265 g/mol. The van der Waals surface area contributed by atoms with E-state index in [2.05, 4.69) is 11.5 Å². The van der Waals surface area contributed by atoms with Crippen LogP contribution in [0.2, 0.25) is 0 Å². The zero-order valence-corrected chi connectivity index (χ0v) is 12.1. The van der Waals surface area contributed by atoms with Crippen molar-refractivity contribution < 1.29 is 14.3 Å². The maximum atomic E-state index is 12.2. The van der Waals surface area contributed by atoms with Crippen molar-refractivity contribution in [3.05, 3.63) is 23.0 Å². The first kappa shape index (κ1) is 14.3. The lowest BCUT2D eigenvalue weighted by atomic mass is 10.1. The highest BCUT2D eigenvalue weighted by molar-refractivity contribution is 5.98. The normalized spacial score (nSPS) is 19.0. The van der Waals surface area contributed by atoms with Gasteiger partial charge >= 0.3 is 0 Å². The van der Waals surface area contributed by atoms with E-state index in [0.29, 0.717) is 12.5 Å². The van der Waals surface area contributed by atoms with Crippen LogP contribution in [0.25, 0.3) is 0 Å². The molecule has 0 radical (unpaired) electrons. The lowest BCUT2D eigenvalue weighted by Gasteiger charge is -2.08. The predicted molar refractivity (Wildman–Crippen MR) is 73.7 cm³/mol. The van der Waals surface area contributed by atoms with Crippen LogP contribution in [0.1, 0.15) is 35.1 Å². The molecule has 2 heterocycles. The largest absolute Gasteiger partial charge is 0.381 e. The summed E-state index contributed by atoms with van der Waals surface area (Å²) in [4.78, 5) is 12.2. The number of ketones is 1. The molecule has 4 heteroatoms. The van der Waals surface area contributed by atoms with Crippen LogP contribution in [0, 0.1) is 19.8 Å². The van der Waals surface area contributed by atoms with Gasteiger partial charge in [-0.2, -0.15) is 0 Å². The second kappa shape index (κ2) is 6.35. The van der Waals surface area contributed by atoms with E-state index in [1.807, 2.05) is 19.9 Å². The third kappa shape index (κ3) is 3.25. The highest BCUT2D eigenvalue weighted by Gasteiger charge is 2.18. The smallest absolute Gasteiger partial charge is 0.190 e. The molecule has 1 atom stereocenters. The van der Waals surface area contributed by atoms with Crippen LogP contribution in [0.3, 0.4) is 0 Å². The van der Waals surface area contributed by atoms with E-state index in [0.717, 1.165) is 43.1 Å². The summed E-state index contributed by atoms with van der Waals surface area (Å²) in [6, 6.07) is 1.96. The number of aromatic nitrogens is 1. The van der Waals surface area contributed by atoms with Gasteiger partial charge < -0.3 is 14.0 Å². The van der Waals surface area contributed by atoms with Crippen molar-refractivity contribution in [2.75, 3.05) is 26.4 Å². The van der Waals surface area contributed by atoms with Crippen molar-refractivity contribution in [2.24, 2.45) is 5.92 Å². The molecule has 1 unspecified atom stereocenters. The summed E-state index contributed by atoms with van der Waals surface area (Å²) >= 11 is 0. The van der Waals surface area contributed by atoms with Crippen molar-refractivity contribution in [3.8, 4) is 0 Å². The van der Waals surface area contributed by atoms with Crippen molar-refractivity contribution in [1.29, 1.82) is 0 Å². The van der Waals surface area contributed by atoms with Crippen LogP contribution < -0.4 is 0 Å². The summed E-state index contributed by atoms with van der Waals surface area (Å²) in [5.41, 5.74) is 2.97. The van der Waals surface area contributed by atoms with Crippen molar-refractivity contribution in [2.45, 2.75) is 33.7 Å². The predicted octanol–water partition coefficient (Wildman–Crippen LogP) is 2.36. The molecule has 1 fully saturated rings. The third-order valence-electron chi connectivity index (χ3n) is 3.80. The molecule has 0 aromatic carbocycles. The number of hydrogen-bond donors (Lipinski definition) is 0. The molecule has 0 N–H and O–H groups in total. The number of ether oxygens (including phenoxy) is 2. The molecule has 4 nitrogen and oxygen atoms in total. The molecular weight excluding hydrogens is 242 g/mol. The Morgan fingerprint density at radius 1 is 1.53 bits per heavy atom. The number of aryl methyl sites for hydroxylation is 1. The van der Waals surface area contributed by atoms with Crippen molar-refractivity contribution in [1.82, 2.24) is 4.57 Å². The van der Waals surface area contributed by atoms with Gasteiger partial charge in [0.2, 0.25) is 0 Å². The zero-order chi connectivity index (χ0) is 13.8. The molecule has 1 saturated heterocycles. The number of nitrogens with zero attached hydrogens (tertiary/aromatic N) is 1. The first-order valence-electron chi connectivity index (χ1n) is 6.99. The van der Waals surface area contributed by atoms with E-state index >= 15 is 0 Å². The molecule has 106 valence electrons. The van der Waals surface area contributed by atoms with E-state index in [4.69, 9.17) is 9.47 Å². The Morgan fingerprint density at radius 2 is 2.32 bits per heavy atom. The summed E-state index contributed by atoms with van der Waals surface area (Å²) in [6.45, 7) is 9.38. The molecule has 0 aliphatic carbocycles. The second-order valence-corrected chi connectivity index (χ2v) is 5.20. The first-order chi connectivity index (χ1) is 9.13. The SMILES string of the molecule is CCn1c(C)cc(C(=O)COCC2CCOC2)c1C. The second-order valence-electron chi connectivity index (χ2n) is 5.20. The van der Waals surface area contributed by atoms with Gasteiger partial charge in [0.15, 0.2) is 5.78 Å². The highest BCUT2D eigenvalue weighted by atomic mass is 16.5. The van der Waals surface area contributed by atoms with Gasteiger partial charge in [0.05, 0.1) is 13.2 Å². The third-order valence-corrected chi connectivity index (χ3v) is 3.80. The molecule has 0 spiro atoms. The van der Waals surface area contributed by atoms with Crippen molar-refractivity contribution in [3.63, 3.8) is 0 Å². The summed E-state index contributed by atoms with van der Waals surface area (Å²) < 4.78 is 13.0. The molecule has 0 saturated carbocycles. The van der Waals surface area contributed by atoms with E-state index in [9.17, 15) is 4.79 Å². The fourth-order valence-corrected chi connectivity index (χ4v) is 2.68. The highest BCUT2D eigenvalue weighted by Crippen LogP contribution is 2.16. The molecule has 0 amide bonds. The maximum absolute atomic E-state index is 12.2. The van der Waals surface area contributed by atoms with Gasteiger partial charge in [0, 0.05) is 36.0 Å². The minimum Gasteiger partial charge on any atom is -0.381 e. The molecule has 19 heavy (non-hydrogen) atoms. The van der Waals surface area contributed by atoms with E-state index < -0.39 is 0 Å². The van der Waals surface area contributed by atoms with Gasteiger partial charge in [-0.05, 0) is 33.3 Å². The lowest BCUT2D eigenvalue weighted by Crippen LogP contribution is -2.15. The maximum Gasteiger partial charge on any atom is 0.190 e. The quantitative estimate of drug-likeness (QED) is 0.741. The van der Waals surface area contributed by atoms with Gasteiger partial charge in [-0.3, -0.25) is 4.79 Å². The number of rotatable bonds is 6. The number of Topliss-reactive ketones (excluding diaryl/α,β-unsaturated/α-hetero) is 1. The van der Waals surface area contributed by atoms with Crippen LogP contribution in [-0.2, 0) is 16.0 Å². The Morgan fingerprint density at radius 3 is 2.89 bits per heavy atom. The van der Waals surface area contributed by atoms with Gasteiger partial charge in [-0.25, -0.2) is 0 Å². The Balaban J connectivity index is 1.88. The fraction of sp³-hybridized carbons (Fsp3) is 0.667. The van der Waals surface area contributed by atoms with Crippen molar-refractivity contribution >= 4 is 5.78 Å². The minimum atomic E-state index is 0.0757. The minimum absolute atomic E-state index is 0.0757. The van der Waals surface area contributed by atoms with Crippen LogP contribution in [0.5, 0.6) is 0 Å².